The smallest absolute Gasteiger partial charge is 0.325 e. The molecule has 8 nitrogen and oxygen atoms in total. The fourth-order valence-corrected chi connectivity index (χ4v) is 3.34. The first-order chi connectivity index (χ1) is 12.6. The highest BCUT2D eigenvalue weighted by Crippen LogP contribution is 2.34. The van der Waals surface area contributed by atoms with Gasteiger partial charge in [-0.1, -0.05) is 29.3 Å². The number of nitrogens with zero attached hydrogens (tertiary/aromatic N) is 1. The standard InChI is InChI=1S/C17H20Cl2N4O4/c1-4-20-14(25)9(2)21-13(24)8-23-15(26)17(3,22-16(23)27)11-6-5-10(18)7-12(11)19/h5-7,9H,4,8H2,1-3H3,(H,20,25)(H,21,24)(H,22,27)/t9-,17-/m1/s1. The SMILES string of the molecule is CCNC(=O)[C@@H](C)NC(=O)CN1C(=O)N[C@](C)(c2ccc(Cl)cc2Cl)C1=O. The fourth-order valence-electron chi connectivity index (χ4n) is 2.74. The second kappa shape index (κ2) is 8.14. The first-order valence-electron chi connectivity index (χ1n) is 8.26. The van der Waals surface area contributed by atoms with Gasteiger partial charge in [0.2, 0.25) is 11.8 Å². The molecule has 0 radical (unpaired) electrons. The Balaban J connectivity index is 2.14. The molecular formula is C17H20Cl2N4O4. The summed E-state index contributed by atoms with van der Waals surface area (Å²) in [5, 5.41) is 8.18. The third kappa shape index (κ3) is 4.33. The molecule has 3 N–H and O–H groups in total. The van der Waals surface area contributed by atoms with Crippen LogP contribution in [0.25, 0.3) is 0 Å². The molecule has 27 heavy (non-hydrogen) atoms. The number of imide groups is 1. The lowest BCUT2D eigenvalue weighted by atomic mass is 9.92. The van der Waals surface area contributed by atoms with Crippen molar-refractivity contribution in [2.24, 2.45) is 0 Å². The topological polar surface area (TPSA) is 108 Å². The quantitative estimate of drug-likeness (QED) is 0.611. The summed E-state index contributed by atoms with van der Waals surface area (Å²) in [4.78, 5) is 49.7. The molecule has 0 spiro atoms. The minimum Gasteiger partial charge on any atom is -0.355 e. The van der Waals surface area contributed by atoms with Crippen LogP contribution >= 0.6 is 23.2 Å². The molecule has 0 aliphatic carbocycles. The van der Waals surface area contributed by atoms with Crippen molar-refractivity contribution in [3.8, 4) is 0 Å². The van der Waals surface area contributed by atoms with Crippen molar-refractivity contribution < 1.29 is 19.2 Å². The van der Waals surface area contributed by atoms with Gasteiger partial charge >= 0.3 is 6.03 Å². The lowest BCUT2D eigenvalue weighted by Crippen LogP contribution is -2.49. The summed E-state index contributed by atoms with van der Waals surface area (Å²) < 4.78 is 0. The van der Waals surface area contributed by atoms with Crippen molar-refractivity contribution in [2.75, 3.05) is 13.1 Å². The van der Waals surface area contributed by atoms with Crippen LogP contribution in [0.3, 0.4) is 0 Å². The summed E-state index contributed by atoms with van der Waals surface area (Å²) in [6, 6.07) is 3.04. The lowest BCUT2D eigenvalue weighted by molar-refractivity contribution is -0.135. The molecule has 0 bridgehead atoms. The van der Waals surface area contributed by atoms with Gasteiger partial charge in [0.25, 0.3) is 5.91 Å². The molecule has 1 aromatic carbocycles. The second-order valence-electron chi connectivity index (χ2n) is 6.25. The predicted molar refractivity (Wildman–Crippen MR) is 100 cm³/mol. The molecule has 1 aromatic rings. The van der Waals surface area contributed by atoms with Crippen LogP contribution in [0.2, 0.25) is 10.0 Å². The van der Waals surface area contributed by atoms with E-state index in [9.17, 15) is 19.2 Å². The van der Waals surface area contributed by atoms with Crippen LogP contribution < -0.4 is 16.0 Å². The highest BCUT2D eigenvalue weighted by atomic mass is 35.5. The molecule has 1 aliphatic heterocycles. The molecule has 1 saturated heterocycles. The highest BCUT2D eigenvalue weighted by Gasteiger charge is 2.50. The molecule has 146 valence electrons. The predicted octanol–water partition coefficient (Wildman–Crippen LogP) is 1.40. The number of nitrogens with one attached hydrogen (secondary N) is 3. The van der Waals surface area contributed by atoms with Crippen LogP contribution in [-0.4, -0.2) is 47.8 Å². The van der Waals surface area contributed by atoms with Gasteiger partial charge in [0.05, 0.1) is 0 Å². The van der Waals surface area contributed by atoms with Gasteiger partial charge in [-0.15, -0.1) is 0 Å². The van der Waals surface area contributed by atoms with Gasteiger partial charge in [0.15, 0.2) is 0 Å². The van der Waals surface area contributed by atoms with Crippen LogP contribution in [0.15, 0.2) is 18.2 Å². The van der Waals surface area contributed by atoms with Crippen molar-refractivity contribution in [1.29, 1.82) is 0 Å². The number of rotatable bonds is 6. The molecule has 0 saturated carbocycles. The van der Waals surface area contributed by atoms with E-state index in [0.29, 0.717) is 17.1 Å². The zero-order valence-electron chi connectivity index (χ0n) is 15.1. The van der Waals surface area contributed by atoms with E-state index in [4.69, 9.17) is 23.2 Å². The van der Waals surface area contributed by atoms with E-state index in [0.717, 1.165) is 4.90 Å². The minimum absolute atomic E-state index is 0.217. The highest BCUT2D eigenvalue weighted by molar-refractivity contribution is 6.35. The molecular weight excluding hydrogens is 395 g/mol. The first-order valence-corrected chi connectivity index (χ1v) is 9.02. The molecule has 2 rings (SSSR count). The monoisotopic (exact) mass is 414 g/mol. The Hall–Kier alpha value is -2.32. The zero-order valence-corrected chi connectivity index (χ0v) is 16.6. The van der Waals surface area contributed by atoms with Gasteiger partial charge in [-0.25, -0.2) is 4.79 Å². The van der Waals surface area contributed by atoms with Crippen molar-refractivity contribution in [2.45, 2.75) is 32.4 Å². The summed E-state index contributed by atoms with van der Waals surface area (Å²) in [5.41, 5.74) is -1.06. The van der Waals surface area contributed by atoms with Crippen LogP contribution in [0, 0.1) is 0 Å². The molecule has 5 amide bonds. The van der Waals surface area contributed by atoms with E-state index in [1.54, 1.807) is 19.1 Å². The van der Waals surface area contributed by atoms with Crippen molar-refractivity contribution >= 4 is 47.0 Å². The van der Waals surface area contributed by atoms with E-state index in [1.165, 1.54) is 19.9 Å². The number of carbonyl (C=O) groups excluding carboxylic acids is 4. The second-order valence-corrected chi connectivity index (χ2v) is 7.10. The number of urea groups is 1. The van der Waals surface area contributed by atoms with E-state index in [1.807, 2.05) is 0 Å². The summed E-state index contributed by atoms with van der Waals surface area (Å²) in [6.07, 6.45) is 0. The van der Waals surface area contributed by atoms with E-state index in [-0.39, 0.29) is 10.9 Å². The summed E-state index contributed by atoms with van der Waals surface area (Å²) in [6.45, 7) is 4.66. The Bertz CT molecular complexity index is 801. The third-order valence-corrected chi connectivity index (χ3v) is 4.72. The van der Waals surface area contributed by atoms with Crippen LogP contribution in [0.5, 0.6) is 0 Å². The van der Waals surface area contributed by atoms with Crippen LogP contribution in [0.1, 0.15) is 26.3 Å². The van der Waals surface area contributed by atoms with Gasteiger partial charge in [-0.05, 0) is 32.9 Å². The summed E-state index contributed by atoms with van der Waals surface area (Å²) >= 11 is 12.0. The molecule has 1 aliphatic rings. The van der Waals surface area contributed by atoms with Crippen LogP contribution in [0.4, 0.5) is 4.79 Å². The fraction of sp³-hybridized carbons (Fsp3) is 0.412. The largest absolute Gasteiger partial charge is 0.355 e. The molecule has 0 aromatic heterocycles. The maximum Gasteiger partial charge on any atom is 0.325 e. The molecule has 0 unspecified atom stereocenters. The maximum absolute atomic E-state index is 12.8. The third-order valence-electron chi connectivity index (χ3n) is 4.17. The first kappa shape index (κ1) is 21.0. The van der Waals surface area contributed by atoms with E-state index in [2.05, 4.69) is 16.0 Å². The molecule has 10 heteroatoms. The van der Waals surface area contributed by atoms with Gasteiger partial charge in [0.1, 0.15) is 18.1 Å². The number of benzene rings is 1. The minimum atomic E-state index is -1.43. The number of hydrogen-bond acceptors (Lipinski definition) is 4. The Morgan fingerprint density at radius 3 is 2.56 bits per heavy atom. The van der Waals surface area contributed by atoms with Gasteiger partial charge in [0, 0.05) is 22.2 Å². The lowest BCUT2D eigenvalue weighted by Gasteiger charge is -2.23. The van der Waals surface area contributed by atoms with Gasteiger partial charge in [-0.2, -0.15) is 0 Å². The Morgan fingerprint density at radius 1 is 1.30 bits per heavy atom. The maximum atomic E-state index is 12.8. The number of amides is 5. The average molecular weight is 415 g/mol. The molecule has 1 heterocycles. The van der Waals surface area contributed by atoms with Crippen molar-refractivity contribution in [1.82, 2.24) is 20.9 Å². The number of hydrogen-bond donors (Lipinski definition) is 3. The normalized spacial score (nSPS) is 20.3. The van der Waals surface area contributed by atoms with Gasteiger partial charge in [-0.3, -0.25) is 19.3 Å². The number of likely N-dealkylation sites (N-methyl/N-ethyl adjacent to an activating group) is 1. The Kier molecular flexibility index (Phi) is 6.33. The zero-order chi connectivity index (χ0) is 20.4. The molecule has 2 atom stereocenters. The number of halogens is 2. The molecule has 1 fully saturated rings. The summed E-state index contributed by atoms with van der Waals surface area (Å²) in [7, 11) is 0. The average Bonchev–Trinajstić information content (AvgIpc) is 2.78. The van der Waals surface area contributed by atoms with Crippen LogP contribution in [-0.2, 0) is 19.9 Å². The Morgan fingerprint density at radius 2 is 1.96 bits per heavy atom. The van der Waals surface area contributed by atoms with Gasteiger partial charge < -0.3 is 16.0 Å². The van der Waals surface area contributed by atoms with Crippen molar-refractivity contribution in [3.05, 3.63) is 33.8 Å². The number of carbonyl (C=O) groups is 4. The van der Waals surface area contributed by atoms with Crippen molar-refractivity contribution in [3.63, 3.8) is 0 Å². The van der Waals surface area contributed by atoms with E-state index < -0.39 is 36.0 Å². The van der Waals surface area contributed by atoms with E-state index >= 15 is 0 Å². The Labute approximate surface area is 166 Å². The summed E-state index contributed by atoms with van der Waals surface area (Å²) in [5.74, 6) is -1.62.